The van der Waals surface area contributed by atoms with Crippen LogP contribution in [0.2, 0.25) is 0 Å². The smallest absolute Gasteiger partial charge is 0.312 e. The Labute approximate surface area is 103 Å². The summed E-state index contributed by atoms with van der Waals surface area (Å²) in [5, 5.41) is 0. The normalized spacial score (nSPS) is 15.2. The molecule has 4 heteroatoms. The van der Waals surface area contributed by atoms with E-state index < -0.39 is 0 Å². The lowest BCUT2D eigenvalue weighted by Crippen LogP contribution is -2.53. The van der Waals surface area contributed by atoms with Crippen LogP contribution in [-0.2, 0) is 14.3 Å². The summed E-state index contributed by atoms with van der Waals surface area (Å²) in [6.07, 6.45) is 5.67. The first-order chi connectivity index (χ1) is 8.19. The fraction of sp³-hybridized carbons (Fsp3) is 0.692. The zero-order valence-corrected chi connectivity index (χ0v) is 10.5. The van der Waals surface area contributed by atoms with E-state index in [1.165, 1.54) is 18.9 Å². The standard InChI is InChI=1S/C13H21NO3/c1-3-5-6-7-8-17-13(16)11-9-14(10-11)12(15)4-2/h4,11H,2-3,5-10H2,1H3. The van der Waals surface area contributed by atoms with Crippen molar-refractivity contribution in [1.29, 1.82) is 0 Å². The maximum atomic E-state index is 11.5. The van der Waals surface area contributed by atoms with E-state index in [2.05, 4.69) is 13.5 Å². The molecule has 1 heterocycles. The molecule has 1 fully saturated rings. The molecule has 1 amide bonds. The molecule has 1 aliphatic rings. The van der Waals surface area contributed by atoms with E-state index in [0.29, 0.717) is 19.7 Å². The highest BCUT2D eigenvalue weighted by atomic mass is 16.5. The number of hydrogen-bond donors (Lipinski definition) is 0. The van der Waals surface area contributed by atoms with Gasteiger partial charge in [0.15, 0.2) is 0 Å². The fourth-order valence-electron chi connectivity index (χ4n) is 1.76. The van der Waals surface area contributed by atoms with E-state index in [0.717, 1.165) is 12.8 Å². The van der Waals surface area contributed by atoms with Gasteiger partial charge in [-0.05, 0) is 12.5 Å². The van der Waals surface area contributed by atoms with Gasteiger partial charge in [-0.15, -0.1) is 0 Å². The van der Waals surface area contributed by atoms with Crippen LogP contribution in [0.15, 0.2) is 12.7 Å². The van der Waals surface area contributed by atoms with Crippen LogP contribution >= 0.6 is 0 Å². The highest BCUT2D eigenvalue weighted by molar-refractivity contribution is 5.89. The summed E-state index contributed by atoms with van der Waals surface area (Å²) in [5.41, 5.74) is 0. The SMILES string of the molecule is C=CC(=O)N1CC(C(=O)OCCCCCC)C1. The molecule has 0 aromatic rings. The Morgan fingerprint density at radius 2 is 2.06 bits per heavy atom. The molecule has 0 aromatic carbocycles. The van der Waals surface area contributed by atoms with Crippen molar-refractivity contribution in [2.24, 2.45) is 5.92 Å². The second-order valence-corrected chi connectivity index (χ2v) is 4.37. The third kappa shape index (κ3) is 4.21. The molecule has 0 bridgehead atoms. The number of hydrogen-bond acceptors (Lipinski definition) is 3. The molecule has 4 nitrogen and oxygen atoms in total. The van der Waals surface area contributed by atoms with Crippen LogP contribution in [0.5, 0.6) is 0 Å². The highest BCUT2D eigenvalue weighted by Crippen LogP contribution is 2.17. The van der Waals surface area contributed by atoms with Crippen LogP contribution < -0.4 is 0 Å². The van der Waals surface area contributed by atoms with Crippen LogP contribution in [0, 0.1) is 5.92 Å². The molecular formula is C13H21NO3. The van der Waals surface area contributed by atoms with Crippen LogP contribution in [0.1, 0.15) is 32.6 Å². The molecular weight excluding hydrogens is 218 g/mol. The van der Waals surface area contributed by atoms with Crippen molar-refractivity contribution >= 4 is 11.9 Å². The molecule has 17 heavy (non-hydrogen) atoms. The zero-order chi connectivity index (χ0) is 12.7. The van der Waals surface area contributed by atoms with Gasteiger partial charge in [0.25, 0.3) is 0 Å². The highest BCUT2D eigenvalue weighted by Gasteiger charge is 2.35. The summed E-state index contributed by atoms with van der Waals surface area (Å²) in [6.45, 7) is 7.00. The van der Waals surface area contributed by atoms with Crippen molar-refractivity contribution in [3.63, 3.8) is 0 Å². The quantitative estimate of drug-likeness (QED) is 0.386. The first-order valence-corrected chi connectivity index (χ1v) is 6.27. The summed E-state index contributed by atoms with van der Waals surface area (Å²) in [4.78, 5) is 24.3. The van der Waals surface area contributed by atoms with E-state index in [1.807, 2.05) is 0 Å². The average molecular weight is 239 g/mol. The molecule has 0 N–H and O–H groups in total. The average Bonchev–Trinajstić information content (AvgIpc) is 2.26. The number of rotatable bonds is 7. The number of esters is 1. The third-order valence-electron chi connectivity index (χ3n) is 2.94. The summed E-state index contributed by atoms with van der Waals surface area (Å²) in [7, 11) is 0. The number of carbonyl (C=O) groups excluding carboxylic acids is 2. The summed E-state index contributed by atoms with van der Waals surface area (Å²) in [6, 6.07) is 0. The molecule has 0 unspecified atom stereocenters. The Kier molecular flexibility index (Phi) is 5.73. The van der Waals surface area contributed by atoms with Crippen LogP contribution in [0.4, 0.5) is 0 Å². The van der Waals surface area contributed by atoms with Gasteiger partial charge in [-0.2, -0.15) is 0 Å². The molecule has 0 aromatic heterocycles. The largest absolute Gasteiger partial charge is 0.465 e. The first-order valence-electron chi connectivity index (χ1n) is 6.27. The maximum Gasteiger partial charge on any atom is 0.312 e. The molecule has 1 saturated heterocycles. The minimum atomic E-state index is -0.172. The summed E-state index contributed by atoms with van der Waals surface area (Å²) < 4.78 is 5.15. The van der Waals surface area contributed by atoms with E-state index in [4.69, 9.17) is 4.74 Å². The number of nitrogens with zero attached hydrogens (tertiary/aromatic N) is 1. The second-order valence-electron chi connectivity index (χ2n) is 4.37. The predicted octanol–water partition coefficient (Wildman–Crippen LogP) is 1.75. The molecule has 0 spiro atoms. The molecule has 96 valence electrons. The number of ether oxygens (including phenoxy) is 1. The van der Waals surface area contributed by atoms with E-state index in [1.54, 1.807) is 4.90 Å². The zero-order valence-electron chi connectivity index (χ0n) is 10.5. The molecule has 0 atom stereocenters. The molecule has 0 saturated carbocycles. The summed E-state index contributed by atoms with van der Waals surface area (Å²) >= 11 is 0. The minimum Gasteiger partial charge on any atom is -0.465 e. The van der Waals surface area contributed by atoms with Gasteiger partial charge < -0.3 is 9.64 Å². The Balaban J connectivity index is 2.07. The third-order valence-corrected chi connectivity index (χ3v) is 2.94. The van der Waals surface area contributed by atoms with Crippen molar-refractivity contribution in [3.8, 4) is 0 Å². The monoisotopic (exact) mass is 239 g/mol. The minimum absolute atomic E-state index is 0.114. The molecule has 0 aliphatic carbocycles. The van der Waals surface area contributed by atoms with Gasteiger partial charge in [0, 0.05) is 13.1 Å². The molecule has 0 radical (unpaired) electrons. The Morgan fingerprint density at radius 3 is 2.65 bits per heavy atom. The van der Waals surface area contributed by atoms with E-state index in [9.17, 15) is 9.59 Å². The van der Waals surface area contributed by atoms with Crippen LogP contribution in [0.25, 0.3) is 0 Å². The van der Waals surface area contributed by atoms with Gasteiger partial charge in [0.05, 0.1) is 12.5 Å². The Bertz CT molecular complexity index is 282. The van der Waals surface area contributed by atoms with Crippen molar-refractivity contribution in [2.45, 2.75) is 32.6 Å². The van der Waals surface area contributed by atoms with Crippen molar-refractivity contribution in [2.75, 3.05) is 19.7 Å². The van der Waals surface area contributed by atoms with Gasteiger partial charge in [-0.3, -0.25) is 9.59 Å². The number of carbonyl (C=O) groups is 2. The number of amides is 1. The van der Waals surface area contributed by atoms with Gasteiger partial charge in [-0.25, -0.2) is 0 Å². The van der Waals surface area contributed by atoms with E-state index >= 15 is 0 Å². The fourth-order valence-corrected chi connectivity index (χ4v) is 1.76. The first kappa shape index (κ1) is 13.7. The predicted molar refractivity (Wildman–Crippen MR) is 65.4 cm³/mol. The van der Waals surface area contributed by atoms with Crippen molar-refractivity contribution in [1.82, 2.24) is 4.90 Å². The van der Waals surface area contributed by atoms with E-state index in [-0.39, 0.29) is 17.8 Å². The lowest BCUT2D eigenvalue weighted by molar-refractivity contribution is -0.157. The van der Waals surface area contributed by atoms with Crippen LogP contribution in [0.3, 0.4) is 0 Å². The second kappa shape index (κ2) is 7.09. The lowest BCUT2D eigenvalue weighted by Gasteiger charge is -2.36. The van der Waals surface area contributed by atoms with Crippen LogP contribution in [-0.4, -0.2) is 36.5 Å². The molecule has 1 rings (SSSR count). The maximum absolute atomic E-state index is 11.5. The number of unbranched alkanes of at least 4 members (excludes halogenated alkanes) is 3. The topological polar surface area (TPSA) is 46.6 Å². The Morgan fingerprint density at radius 1 is 1.35 bits per heavy atom. The Hall–Kier alpha value is -1.32. The lowest BCUT2D eigenvalue weighted by atomic mass is 10.0. The van der Waals surface area contributed by atoms with Gasteiger partial charge >= 0.3 is 5.97 Å². The summed E-state index contributed by atoms with van der Waals surface area (Å²) in [5.74, 6) is -0.420. The molecule has 1 aliphatic heterocycles. The number of likely N-dealkylation sites (tertiary alicyclic amines) is 1. The van der Waals surface area contributed by atoms with Gasteiger partial charge in [-0.1, -0.05) is 32.8 Å². The van der Waals surface area contributed by atoms with Crippen molar-refractivity contribution in [3.05, 3.63) is 12.7 Å². The van der Waals surface area contributed by atoms with Crippen molar-refractivity contribution < 1.29 is 14.3 Å². The van der Waals surface area contributed by atoms with Gasteiger partial charge in [0.2, 0.25) is 5.91 Å². The van der Waals surface area contributed by atoms with Gasteiger partial charge in [0.1, 0.15) is 0 Å².